The van der Waals surface area contributed by atoms with Gasteiger partial charge < -0.3 is 14.0 Å². The van der Waals surface area contributed by atoms with Gasteiger partial charge in [0, 0.05) is 5.56 Å². The highest BCUT2D eigenvalue weighted by Gasteiger charge is 2.53. The Kier molecular flexibility index (Phi) is 5.41. The molecule has 1 heterocycles. The third-order valence-corrected chi connectivity index (χ3v) is 5.58. The van der Waals surface area contributed by atoms with Crippen LogP contribution >= 0.6 is 0 Å². The summed E-state index contributed by atoms with van der Waals surface area (Å²) in [6.45, 7) is 18.8. The largest absolute Gasteiger partial charge is 0.495 e. The molecule has 1 saturated heterocycles. The van der Waals surface area contributed by atoms with Crippen molar-refractivity contribution in [1.29, 1.82) is 0 Å². The van der Waals surface area contributed by atoms with Crippen molar-refractivity contribution in [2.75, 3.05) is 0 Å². The number of hydrogen-bond acceptors (Lipinski definition) is 5. The van der Waals surface area contributed by atoms with Gasteiger partial charge in [0.2, 0.25) is 0 Å². The molecule has 148 valence electrons. The van der Waals surface area contributed by atoms with E-state index < -0.39 is 29.9 Å². The highest BCUT2D eigenvalue weighted by molar-refractivity contribution is 6.63. The maximum atomic E-state index is 12.9. The smallest absolute Gasteiger partial charge is 0.456 e. The molecule has 1 aliphatic heterocycles. The normalized spacial score (nSPS) is 18.5. The van der Waals surface area contributed by atoms with Crippen molar-refractivity contribution in [2.45, 2.75) is 86.0 Å². The molecule has 0 N–H and O–H groups in total. The quantitative estimate of drug-likeness (QED) is 0.459. The first-order valence-corrected chi connectivity index (χ1v) is 9.31. The van der Waals surface area contributed by atoms with Crippen molar-refractivity contribution in [1.82, 2.24) is 0 Å². The molecule has 27 heavy (non-hydrogen) atoms. The molecule has 6 heteroatoms. The zero-order valence-corrected chi connectivity index (χ0v) is 18.2. The van der Waals surface area contributed by atoms with Crippen LogP contribution in [0.4, 0.5) is 0 Å². The summed E-state index contributed by atoms with van der Waals surface area (Å²) < 4.78 is 18.0. The number of carbonyl (C=O) groups excluding carboxylic acids is 2. The van der Waals surface area contributed by atoms with Gasteiger partial charge in [-0.1, -0.05) is 0 Å². The van der Waals surface area contributed by atoms with Gasteiger partial charge in [0.25, 0.3) is 0 Å². The van der Waals surface area contributed by atoms with Crippen LogP contribution < -0.4 is 5.46 Å². The third-order valence-electron chi connectivity index (χ3n) is 5.58. The molecule has 0 aliphatic carbocycles. The van der Waals surface area contributed by atoms with E-state index in [1.54, 1.807) is 6.92 Å². The van der Waals surface area contributed by atoms with E-state index in [2.05, 4.69) is 0 Å². The van der Waals surface area contributed by atoms with Crippen LogP contribution in [0.15, 0.2) is 0 Å². The van der Waals surface area contributed by atoms with Gasteiger partial charge in [-0.2, -0.15) is 0 Å². The molecule has 1 aromatic rings. The second-order valence-electron chi connectivity index (χ2n) is 9.29. The van der Waals surface area contributed by atoms with Gasteiger partial charge in [0.05, 0.1) is 16.8 Å². The zero-order chi connectivity index (χ0) is 20.9. The predicted molar refractivity (Wildman–Crippen MR) is 107 cm³/mol. The fourth-order valence-electron chi connectivity index (χ4n) is 3.38. The van der Waals surface area contributed by atoms with Crippen LogP contribution in [0.25, 0.3) is 0 Å². The van der Waals surface area contributed by atoms with E-state index in [0.29, 0.717) is 16.7 Å². The molecule has 0 amide bonds. The number of rotatable bonds is 3. The summed E-state index contributed by atoms with van der Waals surface area (Å²) in [6, 6.07) is 0. The van der Waals surface area contributed by atoms with E-state index in [4.69, 9.17) is 14.0 Å². The summed E-state index contributed by atoms with van der Waals surface area (Å²) in [5.74, 6) is -0.446. The van der Waals surface area contributed by atoms with Crippen molar-refractivity contribution < 1.29 is 23.6 Å². The molecule has 0 atom stereocenters. The molecule has 0 saturated carbocycles. The molecule has 0 aromatic heterocycles. The number of benzene rings is 1. The Labute approximate surface area is 162 Å². The van der Waals surface area contributed by atoms with E-state index in [9.17, 15) is 9.59 Å². The first-order chi connectivity index (χ1) is 12.1. The fraction of sp³-hybridized carbons (Fsp3) is 0.619. The van der Waals surface area contributed by atoms with E-state index in [0.717, 1.165) is 22.9 Å². The van der Waals surface area contributed by atoms with E-state index >= 15 is 0 Å². The van der Waals surface area contributed by atoms with Gasteiger partial charge in [0.1, 0.15) is 5.60 Å². The van der Waals surface area contributed by atoms with E-state index in [1.165, 1.54) is 0 Å². The monoisotopic (exact) mass is 374 g/mol. The summed E-state index contributed by atoms with van der Waals surface area (Å²) in [4.78, 5) is 24.7. The lowest BCUT2D eigenvalue weighted by Gasteiger charge is -2.32. The van der Waals surface area contributed by atoms with Gasteiger partial charge in [-0.25, -0.2) is 4.79 Å². The number of esters is 1. The SMILES string of the molecule is Cc1c(C=O)c(C)c(C(=O)OC(C)(C)C)c(C)c1B1OC(C)(C)C(C)(C)O1. The molecule has 5 nitrogen and oxygen atoms in total. The Hall–Kier alpha value is -1.66. The fourth-order valence-corrected chi connectivity index (χ4v) is 3.38. The van der Waals surface area contributed by atoms with Crippen LogP contribution in [0.3, 0.4) is 0 Å². The second kappa shape index (κ2) is 6.75. The first-order valence-electron chi connectivity index (χ1n) is 9.31. The summed E-state index contributed by atoms with van der Waals surface area (Å²) in [7, 11) is -0.657. The highest BCUT2D eigenvalue weighted by atomic mass is 16.7. The van der Waals surface area contributed by atoms with E-state index in [1.807, 2.05) is 62.3 Å². The summed E-state index contributed by atoms with van der Waals surface area (Å²) in [5, 5.41) is 0. The second-order valence-corrected chi connectivity index (χ2v) is 9.29. The summed E-state index contributed by atoms with van der Waals surface area (Å²) >= 11 is 0. The number of aldehydes is 1. The molecule has 1 fully saturated rings. The van der Waals surface area contributed by atoms with Crippen molar-refractivity contribution in [3.05, 3.63) is 27.8 Å². The third kappa shape index (κ3) is 3.83. The van der Waals surface area contributed by atoms with E-state index in [-0.39, 0.29) is 0 Å². The van der Waals surface area contributed by atoms with Crippen LogP contribution in [0.5, 0.6) is 0 Å². The summed E-state index contributed by atoms with van der Waals surface area (Å²) in [6.07, 6.45) is 0.784. The summed E-state index contributed by atoms with van der Waals surface area (Å²) in [5.41, 5.74) is 2.05. The van der Waals surface area contributed by atoms with Gasteiger partial charge in [-0.05, 0) is 91.4 Å². The zero-order valence-electron chi connectivity index (χ0n) is 18.2. The minimum absolute atomic E-state index is 0.405. The average Bonchev–Trinajstić information content (AvgIpc) is 2.65. The van der Waals surface area contributed by atoms with Gasteiger partial charge in [-0.3, -0.25) is 4.79 Å². The maximum absolute atomic E-state index is 12.9. The molecular weight excluding hydrogens is 343 g/mol. The van der Waals surface area contributed by atoms with Crippen molar-refractivity contribution in [3.63, 3.8) is 0 Å². The Morgan fingerprint density at radius 2 is 1.44 bits per heavy atom. The molecule has 2 rings (SSSR count). The Bertz CT molecular complexity index is 771. The standard InChI is InChI=1S/C21H31BO5/c1-12-15(11-23)13(2)17(22-26-20(7,8)21(9,10)27-22)14(3)16(12)18(24)25-19(4,5)6/h11H,1-10H3. The van der Waals surface area contributed by atoms with Crippen molar-refractivity contribution >= 4 is 24.8 Å². The topological polar surface area (TPSA) is 61.8 Å². The lowest BCUT2D eigenvalue weighted by molar-refractivity contribution is 0.00578. The van der Waals surface area contributed by atoms with Crippen LogP contribution in [-0.4, -0.2) is 36.2 Å². The van der Waals surface area contributed by atoms with Crippen LogP contribution in [0, 0.1) is 20.8 Å². The number of carbonyl (C=O) groups is 2. The van der Waals surface area contributed by atoms with Gasteiger partial charge in [0.15, 0.2) is 6.29 Å². The lowest BCUT2D eigenvalue weighted by Crippen LogP contribution is -2.41. The Balaban J connectivity index is 2.68. The highest BCUT2D eigenvalue weighted by Crippen LogP contribution is 2.37. The average molecular weight is 374 g/mol. The molecule has 1 aliphatic rings. The molecule has 1 aromatic carbocycles. The molecule has 0 bridgehead atoms. The molecule has 0 spiro atoms. The first kappa shape index (κ1) is 21.6. The number of hydrogen-bond donors (Lipinski definition) is 0. The minimum Gasteiger partial charge on any atom is -0.456 e. The van der Waals surface area contributed by atoms with Crippen LogP contribution in [0.1, 0.15) is 85.9 Å². The van der Waals surface area contributed by atoms with Gasteiger partial charge in [-0.15, -0.1) is 0 Å². The molecule has 0 unspecified atom stereocenters. The minimum atomic E-state index is -0.657. The Morgan fingerprint density at radius 1 is 0.963 bits per heavy atom. The lowest BCUT2D eigenvalue weighted by atomic mass is 9.70. The van der Waals surface area contributed by atoms with Crippen LogP contribution in [-0.2, 0) is 14.0 Å². The van der Waals surface area contributed by atoms with Gasteiger partial charge >= 0.3 is 13.1 Å². The molecular formula is C21H31BO5. The van der Waals surface area contributed by atoms with Crippen molar-refractivity contribution in [3.8, 4) is 0 Å². The maximum Gasteiger partial charge on any atom is 0.495 e. The number of ether oxygens (including phenoxy) is 1. The van der Waals surface area contributed by atoms with Crippen LogP contribution in [0.2, 0.25) is 0 Å². The van der Waals surface area contributed by atoms with Crippen molar-refractivity contribution in [2.24, 2.45) is 0 Å². The predicted octanol–water partition coefficient (Wildman–Crippen LogP) is 3.68. The Morgan fingerprint density at radius 3 is 1.85 bits per heavy atom. The molecule has 0 radical (unpaired) electrons.